The summed E-state index contributed by atoms with van der Waals surface area (Å²) in [4.78, 5) is 0. The van der Waals surface area contributed by atoms with Gasteiger partial charge in [-0.25, -0.2) is 4.39 Å². The Morgan fingerprint density at radius 1 is 1.62 bits per heavy atom. The largest absolute Gasteiger partial charge is 0.496 e. The number of hydrogen-bond donors (Lipinski definition) is 1. The van der Waals surface area contributed by atoms with Crippen LogP contribution < -0.4 is 10.5 Å². The van der Waals surface area contributed by atoms with Crippen LogP contribution in [0.1, 0.15) is 11.6 Å². The van der Waals surface area contributed by atoms with Crippen molar-refractivity contribution in [1.82, 2.24) is 0 Å². The van der Waals surface area contributed by atoms with E-state index in [1.165, 1.54) is 13.2 Å². The maximum Gasteiger partial charge on any atom is 0.132 e. The van der Waals surface area contributed by atoms with Crippen molar-refractivity contribution in [2.75, 3.05) is 7.11 Å². The second-order valence-electron chi connectivity index (χ2n) is 2.50. The van der Waals surface area contributed by atoms with Gasteiger partial charge in [0.25, 0.3) is 0 Å². The van der Waals surface area contributed by atoms with Gasteiger partial charge in [0.05, 0.1) is 18.7 Å². The van der Waals surface area contributed by atoms with E-state index >= 15 is 0 Å². The fourth-order valence-electron chi connectivity index (χ4n) is 1.08. The predicted octanol–water partition coefficient (Wildman–Crippen LogP) is 1.47. The van der Waals surface area contributed by atoms with Crippen molar-refractivity contribution in [3.8, 4) is 18.1 Å². The van der Waals surface area contributed by atoms with Crippen molar-refractivity contribution in [3.05, 3.63) is 29.6 Å². The van der Waals surface area contributed by atoms with E-state index in [1.807, 2.05) is 0 Å². The highest BCUT2D eigenvalue weighted by Crippen LogP contribution is 2.25. The number of hydrogen-bond acceptors (Lipinski definition) is 2. The molecular formula is C10H10FNO. The van der Waals surface area contributed by atoms with Crippen LogP contribution in [0, 0.1) is 18.2 Å². The normalized spacial score (nSPS) is 11.8. The summed E-state index contributed by atoms with van der Waals surface area (Å²) in [6.45, 7) is 0. The van der Waals surface area contributed by atoms with Crippen molar-refractivity contribution < 1.29 is 9.13 Å². The average molecular weight is 179 g/mol. The van der Waals surface area contributed by atoms with Crippen LogP contribution in [-0.2, 0) is 0 Å². The molecular weight excluding hydrogens is 169 g/mol. The maximum absolute atomic E-state index is 13.2. The van der Waals surface area contributed by atoms with Crippen LogP contribution >= 0.6 is 0 Å². The topological polar surface area (TPSA) is 35.2 Å². The minimum Gasteiger partial charge on any atom is -0.496 e. The third kappa shape index (κ3) is 1.79. The first-order chi connectivity index (χ1) is 6.20. The van der Waals surface area contributed by atoms with Crippen molar-refractivity contribution in [3.63, 3.8) is 0 Å². The molecule has 0 bridgehead atoms. The Balaban J connectivity index is 3.24. The number of terminal acetylenes is 1. The quantitative estimate of drug-likeness (QED) is 0.698. The molecule has 0 amide bonds. The van der Waals surface area contributed by atoms with E-state index in [2.05, 4.69) is 5.92 Å². The molecule has 3 heteroatoms. The van der Waals surface area contributed by atoms with E-state index in [-0.39, 0.29) is 5.56 Å². The first-order valence-corrected chi connectivity index (χ1v) is 3.74. The van der Waals surface area contributed by atoms with Crippen LogP contribution in [-0.4, -0.2) is 7.11 Å². The van der Waals surface area contributed by atoms with E-state index in [0.29, 0.717) is 5.75 Å². The Bertz CT molecular complexity index is 343. The van der Waals surface area contributed by atoms with Crippen molar-refractivity contribution in [2.45, 2.75) is 6.04 Å². The molecule has 1 aromatic carbocycles. The second kappa shape index (κ2) is 3.92. The van der Waals surface area contributed by atoms with Gasteiger partial charge in [-0.15, -0.1) is 6.42 Å². The summed E-state index contributed by atoms with van der Waals surface area (Å²) < 4.78 is 18.2. The molecule has 1 unspecified atom stereocenters. The highest BCUT2D eigenvalue weighted by atomic mass is 19.1. The molecule has 2 nitrogen and oxygen atoms in total. The summed E-state index contributed by atoms with van der Waals surface area (Å²) in [6.07, 6.45) is 5.10. The van der Waals surface area contributed by atoms with Gasteiger partial charge < -0.3 is 10.5 Å². The van der Waals surface area contributed by atoms with Crippen molar-refractivity contribution >= 4 is 0 Å². The number of nitrogens with two attached hydrogens (primary N) is 1. The number of ether oxygens (including phenoxy) is 1. The lowest BCUT2D eigenvalue weighted by molar-refractivity contribution is 0.403. The van der Waals surface area contributed by atoms with Gasteiger partial charge >= 0.3 is 0 Å². The zero-order chi connectivity index (χ0) is 9.84. The molecule has 1 atom stereocenters. The number of benzene rings is 1. The molecule has 1 aromatic rings. The number of halogens is 1. The summed E-state index contributed by atoms with van der Waals surface area (Å²) in [5, 5.41) is 0. The summed E-state index contributed by atoms with van der Waals surface area (Å²) >= 11 is 0. The van der Waals surface area contributed by atoms with Crippen LogP contribution in [0.15, 0.2) is 18.2 Å². The first-order valence-electron chi connectivity index (χ1n) is 3.74. The maximum atomic E-state index is 13.2. The molecule has 0 spiro atoms. The molecule has 0 radical (unpaired) electrons. The first kappa shape index (κ1) is 9.56. The van der Waals surface area contributed by atoms with Gasteiger partial charge in [-0.1, -0.05) is 12.0 Å². The van der Waals surface area contributed by atoms with Gasteiger partial charge in [0.15, 0.2) is 0 Å². The Kier molecular flexibility index (Phi) is 2.88. The highest BCUT2D eigenvalue weighted by Gasteiger charge is 2.14. The lowest BCUT2D eigenvalue weighted by atomic mass is 10.1. The zero-order valence-corrected chi connectivity index (χ0v) is 7.25. The van der Waals surface area contributed by atoms with Crippen LogP contribution in [0.2, 0.25) is 0 Å². The third-order valence-electron chi connectivity index (χ3n) is 1.72. The van der Waals surface area contributed by atoms with Crippen LogP contribution in [0.3, 0.4) is 0 Å². The molecule has 0 aliphatic heterocycles. The molecule has 0 fully saturated rings. The van der Waals surface area contributed by atoms with E-state index in [1.54, 1.807) is 12.1 Å². The van der Waals surface area contributed by atoms with Gasteiger partial charge in [-0.3, -0.25) is 0 Å². The smallest absolute Gasteiger partial charge is 0.132 e. The Hall–Kier alpha value is -1.53. The Morgan fingerprint density at radius 2 is 2.31 bits per heavy atom. The Labute approximate surface area is 76.5 Å². The second-order valence-corrected chi connectivity index (χ2v) is 2.50. The molecule has 0 aromatic heterocycles. The van der Waals surface area contributed by atoms with E-state index in [0.717, 1.165) is 0 Å². The number of rotatable bonds is 2. The van der Waals surface area contributed by atoms with Gasteiger partial charge in [0, 0.05) is 0 Å². The molecule has 13 heavy (non-hydrogen) atoms. The number of methoxy groups -OCH3 is 1. The van der Waals surface area contributed by atoms with Gasteiger partial charge in [-0.2, -0.15) is 0 Å². The standard InChI is InChI=1S/C10H10FNO/c1-3-8(12)10-7(11)5-4-6-9(10)13-2/h1,4-6,8H,12H2,2H3. The molecule has 0 heterocycles. The fraction of sp³-hybridized carbons (Fsp3) is 0.200. The molecule has 0 aliphatic carbocycles. The minimum atomic E-state index is -0.767. The van der Waals surface area contributed by atoms with Crippen LogP contribution in [0.5, 0.6) is 5.75 Å². The van der Waals surface area contributed by atoms with Crippen LogP contribution in [0.4, 0.5) is 4.39 Å². The summed E-state index contributed by atoms with van der Waals surface area (Å²) in [7, 11) is 1.45. The lowest BCUT2D eigenvalue weighted by Gasteiger charge is -2.11. The van der Waals surface area contributed by atoms with Crippen LogP contribution in [0.25, 0.3) is 0 Å². The van der Waals surface area contributed by atoms with E-state index < -0.39 is 11.9 Å². The molecule has 68 valence electrons. The minimum absolute atomic E-state index is 0.229. The van der Waals surface area contributed by atoms with E-state index in [9.17, 15) is 4.39 Å². The van der Waals surface area contributed by atoms with Crippen molar-refractivity contribution in [1.29, 1.82) is 0 Å². The zero-order valence-electron chi connectivity index (χ0n) is 7.25. The van der Waals surface area contributed by atoms with E-state index in [4.69, 9.17) is 16.9 Å². The SMILES string of the molecule is C#CC(N)c1c(F)cccc1OC. The van der Waals surface area contributed by atoms with Crippen molar-refractivity contribution in [2.24, 2.45) is 5.73 Å². The highest BCUT2D eigenvalue weighted by molar-refractivity contribution is 5.40. The monoisotopic (exact) mass is 179 g/mol. The summed E-state index contributed by atoms with van der Waals surface area (Å²) in [5.41, 5.74) is 5.74. The third-order valence-corrected chi connectivity index (χ3v) is 1.72. The molecule has 0 aliphatic rings. The Morgan fingerprint density at radius 3 is 2.85 bits per heavy atom. The van der Waals surface area contributed by atoms with Gasteiger partial charge in [0.2, 0.25) is 0 Å². The fourth-order valence-corrected chi connectivity index (χ4v) is 1.08. The summed E-state index contributed by atoms with van der Waals surface area (Å²) in [5.74, 6) is 2.19. The van der Waals surface area contributed by atoms with Gasteiger partial charge in [0.1, 0.15) is 11.6 Å². The van der Waals surface area contributed by atoms with Gasteiger partial charge in [-0.05, 0) is 12.1 Å². The molecule has 2 N–H and O–H groups in total. The summed E-state index contributed by atoms with van der Waals surface area (Å²) in [6, 6.07) is 3.70. The average Bonchev–Trinajstić information content (AvgIpc) is 2.16. The molecule has 1 rings (SSSR count). The molecule has 0 saturated heterocycles. The molecule has 0 saturated carbocycles. The lowest BCUT2D eigenvalue weighted by Crippen LogP contribution is -2.11. The predicted molar refractivity (Wildman–Crippen MR) is 48.7 cm³/mol.